The van der Waals surface area contributed by atoms with Gasteiger partial charge in [0.15, 0.2) is 0 Å². The fraction of sp³-hybridized carbons (Fsp3) is 1.00. The number of hydrogen-bond acceptors (Lipinski definition) is 2. The summed E-state index contributed by atoms with van der Waals surface area (Å²) >= 11 is 0. The fourth-order valence-corrected chi connectivity index (χ4v) is 2.78. The Balaban J connectivity index is 1.69. The summed E-state index contributed by atoms with van der Waals surface area (Å²) in [5.74, 6) is 0. The smallest absolute Gasteiger partial charge is 0.0913 e. The molecule has 2 aliphatic heterocycles. The molecule has 15 heavy (non-hydrogen) atoms. The SMILES string of the molecule is CN1CCN(CC[N+]2(C)CCCC2)CC1. The van der Waals surface area contributed by atoms with E-state index in [-0.39, 0.29) is 0 Å². The van der Waals surface area contributed by atoms with E-state index in [0.717, 1.165) is 0 Å². The van der Waals surface area contributed by atoms with Crippen LogP contribution >= 0.6 is 0 Å². The lowest BCUT2D eigenvalue weighted by Gasteiger charge is -2.36. The van der Waals surface area contributed by atoms with Crippen LogP contribution in [0.25, 0.3) is 0 Å². The van der Waals surface area contributed by atoms with Crippen LogP contribution in [0, 0.1) is 0 Å². The van der Waals surface area contributed by atoms with E-state index in [9.17, 15) is 0 Å². The highest BCUT2D eigenvalue weighted by atomic mass is 15.4. The summed E-state index contributed by atoms with van der Waals surface area (Å²) < 4.78 is 1.33. The molecule has 0 aromatic heterocycles. The molecule has 2 rings (SSSR count). The molecule has 0 spiro atoms. The molecule has 0 N–H and O–H groups in total. The summed E-state index contributed by atoms with van der Waals surface area (Å²) in [5, 5.41) is 0. The number of quaternary nitrogens is 1. The van der Waals surface area contributed by atoms with Crippen LogP contribution in [0.3, 0.4) is 0 Å². The van der Waals surface area contributed by atoms with Crippen molar-refractivity contribution in [2.45, 2.75) is 12.8 Å². The lowest BCUT2D eigenvalue weighted by Crippen LogP contribution is -2.50. The van der Waals surface area contributed by atoms with Crippen LogP contribution < -0.4 is 0 Å². The molecule has 3 heteroatoms. The van der Waals surface area contributed by atoms with Crippen LogP contribution in [-0.2, 0) is 0 Å². The van der Waals surface area contributed by atoms with Crippen molar-refractivity contribution >= 4 is 0 Å². The van der Waals surface area contributed by atoms with Gasteiger partial charge in [0.25, 0.3) is 0 Å². The summed E-state index contributed by atoms with van der Waals surface area (Å²) in [6.45, 7) is 10.6. The average molecular weight is 212 g/mol. The highest BCUT2D eigenvalue weighted by molar-refractivity contribution is 4.69. The maximum atomic E-state index is 2.64. The summed E-state index contributed by atoms with van der Waals surface area (Å²) in [4.78, 5) is 5.07. The molecule has 2 fully saturated rings. The summed E-state index contributed by atoms with van der Waals surface area (Å²) in [6, 6.07) is 0. The van der Waals surface area contributed by atoms with Gasteiger partial charge in [-0.15, -0.1) is 0 Å². The van der Waals surface area contributed by atoms with Crippen LogP contribution in [0.1, 0.15) is 12.8 Å². The van der Waals surface area contributed by atoms with Crippen molar-refractivity contribution in [1.82, 2.24) is 9.80 Å². The van der Waals surface area contributed by atoms with E-state index >= 15 is 0 Å². The van der Waals surface area contributed by atoms with Crippen LogP contribution in [0.4, 0.5) is 0 Å². The predicted octanol–water partition coefficient (Wildman–Crippen LogP) is 0.474. The highest BCUT2D eigenvalue weighted by Crippen LogP contribution is 2.16. The Morgan fingerprint density at radius 1 is 1.00 bits per heavy atom. The van der Waals surface area contributed by atoms with E-state index in [1.165, 1.54) is 69.7 Å². The van der Waals surface area contributed by atoms with Gasteiger partial charge in [-0.25, -0.2) is 0 Å². The zero-order valence-corrected chi connectivity index (χ0v) is 10.4. The summed E-state index contributed by atoms with van der Waals surface area (Å²) in [5.41, 5.74) is 0. The van der Waals surface area contributed by atoms with E-state index in [0.29, 0.717) is 0 Å². The highest BCUT2D eigenvalue weighted by Gasteiger charge is 2.27. The fourth-order valence-electron chi connectivity index (χ4n) is 2.78. The third kappa shape index (κ3) is 3.16. The zero-order chi connectivity index (χ0) is 10.7. The van der Waals surface area contributed by atoms with Crippen molar-refractivity contribution in [3.05, 3.63) is 0 Å². The quantitative estimate of drug-likeness (QED) is 0.628. The molecule has 0 aromatic rings. The molecular formula is C12H26N3+. The van der Waals surface area contributed by atoms with Crippen molar-refractivity contribution in [2.24, 2.45) is 0 Å². The Bertz CT molecular complexity index is 191. The van der Waals surface area contributed by atoms with Crippen LogP contribution in [0.15, 0.2) is 0 Å². The molecule has 0 bridgehead atoms. The zero-order valence-electron chi connectivity index (χ0n) is 10.4. The molecule has 2 aliphatic rings. The van der Waals surface area contributed by atoms with Gasteiger partial charge in [0.05, 0.1) is 26.7 Å². The first-order valence-corrected chi connectivity index (χ1v) is 6.42. The number of likely N-dealkylation sites (N-methyl/N-ethyl adjacent to an activating group) is 2. The molecule has 2 saturated heterocycles. The molecule has 0 radical (unpaired) electrons. The molecule has 0 saturated carbocycles. The number of rotatable bonds is 3. The second-order valence-corrected chi connectivity index (χ2v) is 5.64. The minimum absolute atomic E-state index is 1.25. The van der Waals surface area contributed by atoms with Crippen molar-refractivity contribution in [2.75, 3.05) is 66.5 Å². The predicted molar refractivity (Wildman–Crippen MR) is 64.0 cm³/mol. The Morgan fingerprint density at radius 3 is 2.20 bits per heavy atom. The third-order valence-electron chi connectivity index (χ3n) is 4.20. The third-order valence-corrected chi connectivity index (χ3v) is 4.20. The normalized spacial score (nSPS) is 28.4. The Morgan fingerprint density at radius 2 is 1.60 bits per heavy atom. The van der Waals surface area contributed by atoms with Crippen molar-refractivity contribution in [3.63, 3.8) is 0 Å². The number of hydrogen-bond donors (Lipinski definition) is 0. The minimum Gasteiger partial charge on any atom is -0.325 e. The molecule has 88 valence electrons. The van der Waals surface area contributed by atoms with E-state index in [4.69, 9.17) is 0 Å². The van der Waals surface area contributed by atoms with Gasteiger partial charge >= 0.3 is 0 Å². The van der Waals surface area contributed by atoms with Gasteiger partial charge < -0.3 is 9.38 Å². The Kier molecular flexibility index (Phi) is 3.65. The maximum Gasteiger partial charge on any atom is 0.0913 e. The molecule has 0 amide bonds. The lowest BCUT2D eigenvalue weighted by atomic mass is 10.3. The average Bonchev–Trinajstić information content (AvgIpc) is 2.65. The largest absolute Gasteiger partial charge is 0.325 e. The van der Waals surface area contributed by atoms with Crippen molar-refractivity contribution < 1.29 is 4.48 Å². The Labute approximate surface area is 94.2 Å². The molecule has 0 aromatic carbocycles. The second kappa shape index (κ2) is 4.81. The van der Waals surface area contributed by atoms with E-state index < -0.39 is 0 Å². The standard InChI is InChI=1S/C12H26N3/c1-13-5-7-14(8-6-13)9-12-15(2)10-3-4-11-15/h3-12H2,1-2H3/q+1. The first kappa shape index (κ1) is 11.4. The van der Waals surface area contributed by atoms with Crippen molar-refractivity contribution in [3.8, 4) is 0 Å². The number of nitrogens with zero attached hydrogens (tertiary/aromatic N) is 3. The first-order valence-electron chi connectivity index (χ1n) is 6.42. The van der Waals surface area contributed by atoms with E-state index in [1.807, 2.05) is 0 Å². The van der Waals surface area contributed by atoms with Crippen LogP contribution in [-0.4, -0.2) is 80.7 Å². The molecule has 0 atom stereocenters. The van der Waals surface area contributed by atoms with Gasteiger partial charge in [0, 0.05) is 45.6 Å². The van der Waals surface area contributed by atoms with Gasteiger partial charge in [-0.05, 0) is 7.05 Å². The van der Waals surface area contributed by atoms with Crippen molar-refractivity contribution in [1.29, 1.82) is 0 Å². The molecule has 2 heterocycles. The molecular weight excluding hydrogens is 186 g/mol. The molecule has 0 aliphatic carbocycles. The minimum atomic E-state index is 1.25. The van der Waals surface area contributed by atoms with Gasteiger partial charge in [0.1, 0.15) is 0 Å². The van der Waals surface area contributed by atoms with Gasteiger partial charge in [0.2, 0.25) is 0 Å². The Hall–Kier alpha value is -0.120. The molecule has 3 nitrogen and oxygen atoms in total. The van der Waals surface area contributed by atoms with Gasteiger partial charge in [-0.3, -0.25) is 4.90 Å². The maximum absolute atomic E-state index is 2.64. The van der Waals surface area contributed by atoms with Crippen LogP contribution in [0.2, 0.25) is 0 Å². The van der Waals surface area contributed by atoms with Crippen LogP contribution in [0.5, 0.6) is 0 Å². The van der Waals surface area contributed by atoms with E-state index in [2.05, 4.69) is 23.9 Å². The second-order valence-electron chi connectivity index (χ2n) is 5.64. The number of piperazine rings is 1. The van der Waals surface area contributed by atoms with E-state index in [1.54, 1.807) is 0 Å². The topological polar surface area (TPSA) is 6.48 Å². The monoisotopic (exact) mass is 212 g/mol. The molecule has 0 unspecified atom stereocenters. The van der Waals surface area contributed by atoms with Gasteiger partial charge in [-0.2, -0.15) is 0 Å². The number of likely N-dealkylation sites (tertiary alicyclic amines) is 1. The summed E-state index contributed by atoms with van der Waals surface area (Å²) in [6.07, 6.45) is 2.89. The van der Waals surface area contributed by atoms with Gasteiger partial charge in [-0.1, -0.05) is 0 Å². The summed E-state index contributed by atoms with van der Waals surface area (Å²) in [7, 11) is 4.66. The first-order chi connectivity index (χ1) is 7.18. The lowest BCUT2D eigenvalue weighted by molar-refractivity contribution is -0.897.